The van der Waals surface area contributed by atoms with Crippen molar-refractivity contribution in [1.29, 1.82) is 0 Å². The highest BCUT2D eigenvalue weighted by Gasteiger charge is 2.24. The van der Waals surface area contributed by atoms with Gasteiger partial charge in [-0.15, -0.1) is 0 Å². The molecule has 1 aliphatic carbocycles. The third kappa shape index (κ3) is 6.03. The molecule has 0 spiro atoms. The number of allylic oxidation sites excluding steroid dienone is 2. The molecule has 2 heteroatoms. The van der Waals surface area contributed by atoms with Crippen LogP contribution in [0.15, 0.2) is 48.6 Å². The summed E-state index contributed by atoms with van der Waals surface area (Å²) in [7, 11) is 0. The van der Waals surface area contributed by atoms with Gasteiger partial charge in [-0.1, -0.05) is 69.0 Å². The van der Waals surface area contributed by atoms with E-state index in [9.17, 15) is 8.78 Å². The van der Waals surface area contributed by atoms with E-state index in [1.54, 1.807) is 12.1 Å². The van der Waals surface area contributed by atoms with Crippen LogP contribution >= 0.6 is 0 Å². The van der Waals surface area contributed by atoms with E-state index in [0.29, 0.717) is 17.0 Å². The molecule has 0 saturated heterocycles. The summed E-state index contributed by atoms with van der Waals surface area (Å²) < 4.78 is 29.6. The van der Waals surface area contributed by atoms with Gasteiger partial charge in [-0.25, -0.2) is 8.78 Å². The van der Waals surface area contributed by atoms with Gasteiger partial charge in [0, 0.05) is 5.56 Å². The zero-order chi connectivity index (χ0) is 21.3. The van der Waals surface area contributed by atoms with Crippen LogP contribution < -0.4 is 0 Å². The van der Waals surface area contributed by atoms with Crippen molar-refractivity contribution in [2.75, 3.05) is 0 Å². The van der Waals surface area contributed by atoms with Gasteiger partial charge in [0.1, 0.15) is 11.6 Å². The Balaban J connectivity index is 1.64. The van der Waals surface area contributed by atoms with Crippen molar-refractivity contribution in [2.24, 2.45) is 5.92 Å². The first-order valence-electron chi connectivity index (χ1n) is 11.8. The van der Waals surface area contributed by atoms with E-state index >= 15 is 0 Å². The second-order valence-electron chi connectivity index (χ2n) is 8.87. The maximum atomic E-state index is 15.0. The maximum absolute atomic E-state index is 15.0. The quantitative estimate of drug-likeness (QED) is 0.286. The molecule has 3 rings (SSSR count). The molecule has 0 amide bonds. The molecule has 1 saturated carbocycles. The number of halogens is 2. The van der Waals surface area contributed by atoms with E-state index in [1.165, 1.54) is 44.6 Å². The molecule has 2 aromatic rings. The third-order valence-electron chi connectivity index (χ3n) is 6.68. The lowest BCUT2D eigenvalue weighted by atomic mass is 9.76. The van der Waals surface area contributed by atoms with Gasteiger partial charge in [0.05, 0.1) is 0 Å². The Morgan fingerprint density at radius 3 is 2.40 bits per heavy atom. The van der Waals surface area contributed by atoms with Crippen LogP contribution in [0.25, 0.3) is 11.1 Å². The first-order valence-corrected chi connectivity index (χ1v) is 11.8. The second kappa shape index (κ2) is 11.4. The second-order valence-corrected chi connectivity index (χ2v) is 8.87. The maximum Gasteiger partial charge on any atom is 0.131 e. The van der Waals surface area contributed by atoms with Crippen LogP contribution in [0.3, 0.4) is 0 Å². The van der Waals surface area contributed by atoms with E-state index < -0.39 is 0 Å². The zero-order valence-corrected chi connectivity index (χ0v) is 18.6. The minimum Gasteiger partial charge on any atom is -0.207 e. The first kappa shape index (κ1) is 22.7. The highest BCUT2D eigenvalue weighted by molar-refractivity contribution is 5.65. The molecular weight excluding hydrogens is 374 g/mol. The van der Waals surface area contributed by atoms with Crippen molar-refractivity contribution in [1.82, 2.24) is 0 Å². The summed E-state index contributed by atoms with van der Waals surface area (Å²) in [6.45, 7) is 4.23. The molecule has 0 aliphatic heterocycles. The van der Waals surface area contributed by atoms with Gasteiger partial charge in [0.25, 0.3) is 0 Å². The monoisotopic (exact) mass is 410 g/mol. The van der Waals surface area contributed by atoms with Crippen molar-refractivity contribution < 1.29 is 8.78 Å². The fourth-order valence-corrected chi connectivity index (χ4v) is 4.84. The standard InChI is InChI=1S/C28H36F2/c1-3-5-7-9-21-11-14-23(15-12-21)25-18-16-24(20-28(25)30)26-17-13-22(19-27(26)29)10-8-6-4-2/h4,6,13,16-21,23H,3,5,7-12,14-15H2,1-2H3/b6-4+. The molecule has 0 heterocycles. The molecule has 162 valence electrons. The lowest BCUT2D eigenvalue weighted by Crippen LogP contribution is -2.14. The molecule has 30 heavy (non-hydrogen) atoms. The molecule has 1 aliphatic rings. The van der Waals surface area contributed by atoms with E-state index in [-0.39, 0.29) is 11.6 Å². The van der Waals surface area contributed by atoms with Gasteiger partial charge in [-0.3, -0.25) is 0 Å². The Labute approximate surface area is 181 Å². The highest BCUT2D eigenvalue weighted by atomic mass is 19.1. The SMILES string of the molecule is C/C=C/CCc1ccc(-c2ccc(C3CCC(CCCCC)CC3)c(F)c2)c(F)c1. The molecule has 0 N–H and O–H groups in total. The molecule has 0 unspecified atom stereocenters. The number of hydrogen-bond donors (Lipinski definition) is 0. The third-order valence-corrected chi connectivity index (χ3v) is 6.68. The number of hydrogen-bond acceptors (Lipinski definition) is 0. The van der Waals surface area contributed by atoms with Crippen LogP contribution in [0.2, 0.25) is 0 Å². The van der Waals surface area contributed by atoms with Gasteiger partial charge in [-0.2, -0.15) is 0 Å². The predicted molar refractivity (Wildman–Crippen MR) is 124 cm³/mol. The lowest BCUT2D eigenvalue weighted by Gasteiger charge is -2.29. The fourth-order valence-electron chi connectivity index (χ4n) is 4.84. The number of benzene rings is 2. The number of aryl methyl sites for hydroxylation is 1. The van der Waals surface area contributed by atoms with Gasteiger partial charge < -0.3 is 0 Å². The lowest BCUT2D eigenvalue weighted by molar-refractivity contribution is 0.299. The Morgan fingerprint density at radius 2 is 1.73 bits per heavy atom. The van der Waals surface area contributed by atoms with Gasteiger partial charge in [0.2, 0.25) is 0 Å². The minimum absolute atomic E-state index is 0.182. The zero-order valence-electron chi connectivity index (χ0n) is 18.6. The Kier molecular flexibility index (Phi) is 8.66. The van der Waals surface area contributed by atoms with E-state index in [1.807, 2.05) is 31.2 Å². The fraction of sp³-hybridized carbons (Fsp3) is 0.500. The van der Waals surface area contributed by atoms with Gasteiger partial charge >= 0.3 is 0 Å². The summed E-state index contributed by atoms with van der Waals surface area (Å²) in [6, 6.07) is 10.6. The van der Waals surface area contributed by atoms with Crippen LogP contribution in [-0.2, 0) is 6.42 Å². The van der Waals surface area contributed by atoms with Crippen molar-refractivity contribution in [3.05, 3.63) is 71.3 Å². The molecule has 0 bridgehead atoms. The van der Waals surface area contributed by atoms with Crippen LogP contribution in [0.1, 0.15) is 88.7 Å². The largest absolute Gasteiger partial charge is 0.207 e. The van der Waals surface area contributed by atoms with Crippen molar-refractivity contribution in [3.63, 3.8) is 0 Å². The van der Waals surface area contributed by atoms with Crippen LogP contribution in [-0.4, -0.2) is 0 Å². The Morgan fingerprint density at radius 1 is 0.933 bits per heavy atom. The summed E-state index contributed by atoms with van der Waals surface area (Å²) in [5.41, 5.74) is 2.90. The van der Waals surface area contributed by atoms with E-state index in [4.69, 9.17) is 0 Å². The summed E-state index contributed by atoms with van der Waals surface area (Å²) in [6.07, 6.45) is 15.6. The summed E-state index contributed by atoms with van der Waals surface area (Å²) >= 11 is 0. The number of unbranched alkanes of at least 4 members (excludes halogenated alkanes) is 2. The first-order chi connectivity index (χ1) is 14.6. The molecular formula is C28H36F2. The van der Waals surface area contributed by atoms with Crippen molar-refractivity contribution >= 4 is 0 Å². The van der Waals surface area contributed by atoms with Gasteiger partial charge in [0.15, 0.2) is 0 Å². The normalized spacial score (nSPS) is 19.5. The minimum atomic E-state index is -0.271. The Bertz CT molecular complexity index is 829. The Hall–Kier alpha value is -1.96. The number of rotatable bonds is 9. The van der Waals surface area contributed by atoms with Crippen LogP contribution in [0.4, 0.5) is 8.78 Å². The average Bonchev–Trinajstić information content (AvgIpc) is 2.75. The highest BCUT2D eigenvalue weighted by Crippen LogP contribution is 2.39. The van der Waals surface area contributed by atoms with Crippen LogP contribution in [0, 0.1) is 17.6 Å². The van der Waals surface area contributed by atoms with E-state index in [0.717, 1.165) is 42.7 Å². The van der Waals surface area contributed by atoms with Crippen molar-refractivity contribution in [3.8, 4) is 11.1 Å². The van der Waals surface area contributed by atoms with Crippen molar-refractivity contribution in [2.45, 2.75) is 84.0 Å². The molecule has 2 aromatic carbocycles. The summed E-state index contributed by atoms with van der Waals surface area (Å²) in [4.78, 5) is 0. The smallest absolute Gasteiger partial charge is 0.131 e. The predicted octanol–water partition coefficient (Wildman–Crippen LogP) is 8.99. The molecule has 0 radical (unpaired) electrons. The molecule has 0 nitrogen and oxygen atoms in total. The molecule has 0 aromatic heterocycles. The van der Waals surface area contributed by atoms with Crippen LogP contribution in [0.5, 0.6) is 0 Å². The van der Waals surface area contributed by atoms with E-state index in [2.05, 4.69) is 13.0 Å². The van der Waals surface area contributed by atoms with Gasteiger partial charge in [-0.05, 0) is 86.1 Å². The topological polar surface area (TPSA) is 0 Å². The molecule has 1 fully saturated rings. The molecule has 0 atom stereocenters. The summed E-state index contributed by atoms with van der Waals surface area (Å²) in [5, 5.41) is 0. The summed E-state index contributed by atoms with van der Waals surface area (Å²) in [5.74, 6) is 0.669. The average molecular weight is 411 g/mol.